The van der Waals surface area contributed by atoms with E-state index >= 15 is 0 Å². The standard InChI is InChI=1S/C8H8ClNO3/c1-10-4-5(8(12)13-2)6(9)3-7(10)11/h3-4H,1-2H3. The molecule has 5 heteroatoms. The third kappa shape index (κ3) is 1.89. The molecule has 0 saturated carbocycles. The maximum absolute atomic E-state index is 11.1. The van der Waals surface area contributed by atoms with Gasteiger partial charge in [0.1, 0.15) is 0 Å². The molecule has 0 atom stereocenters. The minimum atomic E-state index is -0.555. The van der Waals surface area contributed by atoms with Crippen LogP contribution in [0.2, 0.25) is 5.02 Å². The van der Waals surface area contributed by atoms with Crippen molar-refractivity contribution in [3.63, 3.8) is 0 Å². The Balaban J connectivity index is 3.31. The number of hydrogen-bond donors (Lipinski definition) is 0. The third-order valence-electron chi connectivity index (χ3n) is 1.58. The van der Waals surface area contributed by atoms with E-state index in [1.807, 2.05) is 0 Å². The molecule has 0 bridgehead atoms. The van der Waals surface area contributed by atoms with Gasteiger partial charge in [0.15, 0.2) is 0 Å². The first kappa shape index (κ1) is 9.80. The van der Waals surface area contributed by atoms with Gasteiger partial charge in [0.25, 0.3) is 5.56 Å². The Labute approximate surface area is 79.7 Å². The van der Waals surface area contributed by atoms with Gasteiger partial charge in [-0.25, -0.2) is 4.79 Å². The van der Waals surface area contributed by atoms with Crippen LogP contribution in [0.5, 0.6) is 0 Å². The molecule has 0 amide bonds. The predicted molar refractivity (Wildman–Crippen MR) is 48.0 cm³/mol. The highest BCUT2D eigenvalue weighted by molar-refractivity contribution is 6.33. The molecular weight excluding hydrogens is 194 g/mol. The Hall–Kier alpha value is -1.29. The van der Waals surface area contributed by atoms with Gasteiger partial charge in [-0.2, -0.15) is 0 Å². The topological polar surface area (TPSA) is 48.3 Å². The van der Waals surface area contributed by atoms with Gasteiger partial charge in [-0.1, -0.05) is 11.6 Å². The minimum absolute atomic E-state index is 0.106. The summed E-state index contributed by atoms with van der Waals surface area (Å²) in [4.78, 5) is 22.1. The second-order valence-electron chi connectivity index (χ2n) is 2.48. The number of esters is 1. The maximum atomic E-state index is 11.1. The second-order valence-corrected chi connectivity index (χ2v) is 2.88. The Morgan fingerprint density at radius 3 is 2.77 bits per heavy atom. The molecule has 4 nitrogen and oxygen atoms in total. The molecule has 0 aliphatic heterocycles. The number of ether oxygens (including phenoxy) is 1. The van der Waals surface area contributed by atoms with E-state index in [9.17, 15) is 9.59 Å². The van der Waals surface area contributed by atoms with Crippen LogP contribution in [-0.2, 0) is 11.8 Å². The number of carbonyl (C=O) groups excluding carboxylic acids is 1. The quantitative estimate of drug-likeness (QED) is 0.633. The van der Waals surface area contributed by atoms with Crippen molar-refractivity contribution in [3.8, 4) is 0 Å². The van der Waals surface area contributed by atoms with Crippen LogP contribution in [0.3, 0.4) is 0 Å². The van der Waals surface area contributed by atoms with Crippen LogP contribution < -0.4 is 5.56 Å². The Morgan fingerprint density at radius 2 is 2.23 bits per heavy atom. The lowest BCUT2D eigenvalue weighted by Crippen LogP contribution is -2.17. The normalized spacial score (nSPS) is 9.77. The van der Waals surface area contributed by atoms with Gasteiger partial charge in [-0.15, -0.1) is 0 Å². The van der Waals surface area contributed by atoms with Crippen molar-refractivity contribution in [2.24, 2.45) is 7.05 Å². The van der Waals surface area contributed by atoms with Crippen LogP contribution in [0.4, 0.5) is 0 Å². The molecular formula is C8H8ClNO3. The summed E-state index contributed by atoms with van der Waals surface area (Å²) < 4.78 is 5.74. The van der Waals surface area contributed by atoms with Crippen LogP contribution in [-0.4, -0.2) is 17.6 Å². The average molecular weight is 202 g/mol. The Bertz CT molecular complexity index is 397. The van der Waals surface area contributed by atoms with Crippen LogP contribution >= 0.6 is 11.6 Å². The average Bonchev–Trinajstić information content (AvgIpc) is 2.10. The van der Waals surface area contributed by atoms with Crippen LogP contribution in [0.25, 0.3) is 0 Å². The zero-order chi connectivity index (χ0) is 10.0. The first-order valence-electron chi connectivity index (χ1n) is 3.50. The molecule has 0 saturated heterocycles. The fraction of sp³-hybridized carbons (Fsp3) is 0.250. The van der Waals surface area contributed by atoms with Gasteiger partial charge in [0.2, 0.25) is 0 Å². The molecule has 0 N–H and O–H groups in total. The van der Waals surface area contributed by atoms with Gasteiger partial charge in [0.05, 0.1) is 17.7 Å². The lowest BCUT2D eigenvalue weighted by molar-refractivity contribution is 0.0600. The first-order valence-corrected chi connectivity index (χ1v) is 3.88. The van der Waals surface area contributed by atoms with E-state index in [1.54, 1.807) is 0 Å². The summed E-state index contributed by atoms with van der Waals surface area (Å²) >= 11 is 5.66. The van der Waals surface area contributed by atoms with Gasteiger partial charge in [-0.05, 0) is 0 Å². The molecule has 70 valence electrons. The van der Waals surface area contributed by atoms with Crippen molar-refractivity contribution < 1.29 is 9.53 Å². The molecule has 0 aliphatic rings. The third-order valence-corrected chi connectivity index (χ3v) is 1.90. The highest BCUT2D eigenvalue weighted by Crippen LogP contribution is 2.12. The number of methoxy groups -OCH3 is 1. The van der Waals surface area contributed by atoms with Gasteiger partial charge < -0.3 is 9.30 Å². The number of halogens is 1. The van der Waals surface area contributed by atoms with Crippen molar-refractivity contribution in [1.82, 2.24) is 4.57 Å². The van der Waals surface area contributed by atoms with Crippen molar-refractivity contribution in [3.05, 3.63) is 33.2 Å². The SMILES string of the molecule is COC(=O)c1cn(C)c(=O)cc1Cl. The molecule has 1 heterocycles. The highest BCUT2D eigenvalue weighted by Gasteiger charge is 2.11. The molecule has 1 aromatic rings. The molecule has 0 radical (unpaired) electrons. The number of pyridine rings is 1. The van der Waals surface area contributed by atoms with Gasteiger partial charge in [0, 0.05) is 19.3 Å². The summed E-state index contributed by atoms with van der Waals surface area (Å²) in [5.41, 5.74) is -0.0797. The maximum Gasteiger partial charge on any atom is 0.340 e. The largest absolute Gasteiger partial charge is 0.465 e. The zero-order valence-corrected chi connectivity index (χ0v) is 7.96. The van der Waals surface area contributed by atoms with Crippen molar-refractivity contribution in [1.29, 1.82) is 0 Å². The summed E-state index contributed by atoms with van der Waals surface area (Å²) in [5, 5.41) is 0.106. The smallest absolute Gasteiger partial charge is 0.340 e. The summed E-state index contributed by atoms with van der Waals surface area (Å²) in [7, 11) is 2.79. The molecule has 1 aromatic heterocycles. The zero-order valence-electron chi connectivity index (χ0n) is 7.20. The Kier molecular flexibility index (Phi) is 2.72. The van der Waals surface area contributed by atoms with E-state index in [-0.39, 0.29) is 16.1 Å². The number of aromatic nitrogens is 1. The molecule has 0 aromatic carbocycles. The van der Waals surface area contributed by atoms with E-state index in [1.165, 1.54) is 31.0 Å². The van der Waals surface area contributed by atoms with Crippen LogP contribution in [0.1, 0.15) is 10.4 Å². The minimum Gasteiger partial charge on any atom is -0.465 e. The lowest BCUT2D eigenvalue weighted by atomic mass is 10.3. The number of nitrogens with zero attached hydrogens (tertiary/aromatic N) is 1. The second kappa shape index (κ2) is 3.62. The molecule has 0 unspecified atom stereocenters. The number of rotatable bonds is 1. The first-order chi connectivity index (χ1) is 6.06. The van der Waals surface area contributed by atoms with Gasteiger partial charge in [-0.3, -0.25) is 4.79 Å². The number of carbonyl (C=O) groups is 1. The van der Waals surface area contributed by atoms with E-state index in [4.69, 9.17) is 11.6 Å². The summed E-state index contributed by atoms with van der Waals surface area (Å²) in [5.74, 6) is -0.555. The molecule has 0 spiro atoms. The Morgan fingerprint density at radius 1 is 1.62 bits per heavy atom. The fourth-order valence-corrected chi connectivity index (χ4v) is 1.09. The molecule has 1 rings (SSSR count). The monoisotopic (exact) mass is 201 g/mol. The lowest BCUT2D eigenvalue weighted by Gasteiger charge is -2.03. The fourth-order valence-electron chi connectivity index (χ4n) is 0.867. The van der Waals surface area contributed by atoms with Crippen molar-refractivity contribution in [2.75, 3.05) is 7.11 Å². The summed E-state index contributed by atoms with van der Waals surface area (Å²) in [6, 6.07) is 1.17. The van der Waals surface area contributed by atoms with Crippen molar-refractivity contribution >= 4 is 17.6 Å². The number of aryl methyl sites for hydroxylation is 1. The highest BCUT2D eigenvalue weighted by atomic mass is 35.5. The van der Waals surface area contributed by atoms with E-state index in [0.717, 1.165) is 0 Å². The van der Waals surface area contributed by atoms with Crippen LogP contribution in [0.15, 0.2) is 17.1 Å². The van der Waals surface area contributed by atoms with E-state index in [2.05, 4.69) is 4.74 Å². The van der Waals surface area contributed by atoms with E-state index in [0.29, 0.717) is 0 Å². The molecule has 0 aliphatic carbocycles. The summed E-state index contributed by atoms with van der Waals surface area (Å²) in [6.45, 7) is 0. The molecule has 13 heavy (non-hydrogen) atoms. The molecule has 0 fully saturated rings. The number of hydrogen-bond acceptors (Lipinski definition) is 3. The van der Waals surface area contributed by atoms with E-state index < -0.39 is 5.97 Å². The predicted octanol–water partition coefficient (Wildman–Crippen LogP) is 0.825. The van der Waals surface area contributed by atoms with Crippen LogP contribution in [0, 0.1) is 0 Å². The van der Waals surface area contributed by atoms with Gasteiger partial charge >= 0.3 is 5.97 Å². The summed E-state index contributed by atoms with van der Waals surface area (Å²) in [6.07, 6.45) is 1.34. The van der Waals surface area contributed by atoms with Crippen molar-refractivity contribution in [2.45, 2.75) is 0 Å².